The Morgan fingerprint density at radius 1 is 1.11 bits per heavy atom. The molecule has 0 fully saturated rings. The number of nitrogens with one attached hydrogen (secondary N) is 1. The Morgan fingerprint density at radius 2 is 1.93 bits per heavy atom. The molecule has 0 aliphatic carbocycles. The molecule has 3 aromatic heterocycles. The molecule has 0 bridgehead atoms. The van der Waals surface area contributed by atoms with E-state index in [1.54, 1.807) is 22.8 Å². The third-order valence-electron chi connectivity index (χ3n) is 4.54. The molecule has 1 aromatic carbocycles. The number of benzene rings is 1. The first-order chi connectivity index (χ1) is 13.3. The molecule has 0 aliphatic rings. The number of imidazole rings is 2. The molecule has 8 heteroatoms. The van der Waals surface area contributed by atoms with E-state index in [9.17, 15) is 8.42 Å². The van der Waals surface area contributed by atoms with Crippen molar-refractivity contribution >= 4 is 21.4 Å². The molecule has 7 nitrogen and oxygen atoms in total. The molecule has 0 saturated heterocycles. The molecule has 3 heterocycles. The summed E-state index contributed by atoms with van der Waals surface area (Å²) in [5.74, 6) is 0. The lowest BCUT2D eigenvalue weighted by Crippen LogP contribution is -2.13. The van der Waals surface area contributed by atoms with Crippen LogP contribution in [0.5, 0.6) is 0 Å². The van der Waals surface area contributed by atoms with Gasteiger partial charge in [0.25, 0.3) is 10.0 Å². The maximum absolute atomic E-state index is 12.7. The zero-order valence-corrected chi connectivity index (χ0v) is 16.7. The second-order valence-electron chi connectivity index (χ2n) is 6.99. The van der Waals surface area contributed by atoms with Crippen molar-refractivity contribution in [3.63, 3.8) is 0 Å². The number of nitrogens with zero attached hydrogens (tertiary/aromatic N) is 4. The fourth-order valence-electron chi connectivity index (χ4n) is 2.98. The Labute approximate surface area is 163 Å². The molecule has 0 radical (unpaired) electrons. The number of anilines is 1. The largest absolute Gasteiger partial charge is 0.334 e. The van der Waals surface area contributed by atoms with Gasteiger partial charge in [0, 0.05) is 35.9 Å². The first-order valence-electron chi connectivity index (χ1n) is 8.94. The zero-order valence-electron chi connectivity index (χ0n) is 15.9. The highest BCUT2D eigenvalue weighted by Gasteiger charge is 2.18. The van der Waals surface area contributed by atoms with Gasteiger partial charge in [0.05, 0.1) is 12.0 Å². The lowest BCUT2D eigenvalue weighted by atomic mass is 10.1. The number of hydrogen-bond donors (Lipinski definition) is 1. The number of sulfonamides is 1. The fourth-order valence-corrected chi connectivity index (χ4v) is 3.97. The Bertz CT molecular complexity index is 1250. The lowest BCUT2D eigenvalue weighted by molar-refractivity contribution is 0.591. The average molecular weight is 395 g/mol. The van der Waals surface area contributed by atoms with Crippen molar-refractivity contribution in [3.05, 3.63) is 66.9 Å². The summed E-state index contributed by atoms with van der Waals surface area (Å²) in [6, 6.07) is 11.3. The van der Waals surface area contributed by atoms with Crippen molar-refractivity contribution in [3.8, 4) is 11.3 Å². The Kier molecular flexibility index (Phi) is 4.43. The molecule has 0 aliphatic heterocycles. The van der Waals surface area contributed by atoms with Gasteiger partial charge in [-0.2, -0.15) is 8.42 Å². The van der Waals surface area contributed by atoms with Crippen LogP contribution in [0.2, 0.25) is 0 Å². The van der Waals surface area contributed by atoms with Crippen molar-refractivity contribution in [2.24, 2.45) is 0 Å². The SMILES string of the molecule is Cc1cccn2cc(-c3cccc(NS(=O)(=O)c4cn(C(C)C)cn4)c3)nc12. The first-order valence-corrected chi connectivity index (χ1v) is 10.4. The fraction of sp³-hybridized carbons (Fsp3) is 0.200. The molecule has 0 unspecified atom stereocenters. The predicted molar refractivity (Wildman–Crippen MR) is 109 cm³/mol. The van der Waals surface area contributed by atoms with E-state index in [-0.39, 0.29) is 11.1 Å². The van der Waals surface area contributed by atoms with Gasteiger partial charge in [-0.15, -0.1) is 0 Å². The molecule has 0 saturated carbocycles. The summed E-state index contributed by atoms with van der Waals surface area (Å²) in [6.07, 6.45) is 6.92. The van der Waals surface area contributed by atoms with Crippen molar-refractivity contribution in [1.29, 1.82) is 0 Å². The van der Waals surface area contributed by atoms with Crippen LogP contribution in [0, 0.1) is 6.92 Å². The molecule has 1 N–H and O–H groups in total. The molecular formula is C20H21N5O2S. The second-order valence-corrected chi connectivity index (χ2v) is 8.62. The lowest BCUT2D eigenvalue weighted by Gasteiger charge is -2.07. The summed E-state index contributed by atoms with van der Waals surface area (Å²) in [7, 11) is -3.76. The highest BCUT2D eigenvalue weighted by molar-refractivity contribution is 7.92. The van der Waals surface area contributed by atoms with E-state index in [2.05, 4.69) is 14.7 Å². The number of rotatable bonds is 5. The third kappa shape index (κ3) is 3.38. The van der Waals surface area contributed by atoms with E-state index in [1.165, 1.54) is 12.5 Å². The molecule has 144 valence electrons. The minimum atomic E-state index is -3.76. The van der Waals surface area contributed by atoms with Crippen molar-refractivity contribution < 1.29 is 8.42 Å². The van der Waals surface area contributed by atoms with E-state index < -0.39 is 10.0 Å². The number of aryl methyl sites for hydroxylation is 1. The highest BCUT2D eigenvalue weighted by atomic mass is 32.2. The summed E-state index contributed by atoms with van der Waals surface area (Å²) in [6.45, 7) is 5.93. The van der Waals surface area contributed by atoms with Gasteiger partial charge in [-0.05, 0) is 44.5 Å². The molecule has 4 rings (SSSR count). The maximum atomic E-state index is 12.7. The van der Waals surface area contributed by atoms with Crippen LogP contribution in [0.15, 0.2) is 66.3 Å². The standard InChI is InChI=1S/C20H21N5O2S/c1-14(2)25-12-19(21-13-25)28(26,27)23-17-8-4-7-16(10-17)18-11-24-9-5-6-15(3)20(24)22-18/h4-14,23H,1-3H3. The quantitative estimate of drug-likeness (QED) is 0.556. The Balaban J connectivity index is 1.65. The van der Waals surface area contributed by atoms with Crippen molar-refractivity contribution in [1.82, 2.24) is 18.9 Å². The summed E-state index contributed by atoms with van der Waals surface area (Å²) < 4.78 is 31.6. The van der Waals surface area contributed by atoms with Gasteiger partial charge < -0.3 is 8.97 Å². The van der Waals surface area contributed by atoms with Crippen LogP contribution in [0.1, 0.15) is 25.5 Å². The maximum Gasteiger partial charge on any atom is 0.280 e. The van der Waals surface area contributed by atoms with Gasteiger partial charge in [-0.1, -0.05) is 18.2 Å². The van der Waals surface area contributed by atoms with Crippen LogP contribution in [0.25, 0.3) is 16.9 Å². The highest BCUT2D eigenvalue weighted by Crippen LogP contribution is 2.25. The molecule has 0 atom stereocenters. The number of hydrogen-bond acceptors (Lipinski definition) is 4. The topological polar surface area (TPSA) is 81.3 Å². The second kappa shape index (κ2) is 6.79. The first kappa shape index (κ1) is 18.2. The van der Waals surface area contributed by atoms with Crippen LogP contribution in [0.3, 0.4) is 0 Å². The molecule has 0 amide bonds. The van der Waals surface area contributed by atoms with Crippen LogP contribution in [0.4, 0.5) is 5.69 Å². The van der Waals surface area contributed by atoms with Crippen molar-refractivity contribution in [2.75, 3.05) is 4.72 Å². The van der Waals surface area contributed by atoms with E-state index >= 15 is 0 Å². The van der Waals surface area contributed by atoms with Gasteiger partial charge in [-0.25, -0.2) is 9.97 Å². The molecule has 0 spiro atoms. The van der Waals surface area contributed by atoms with Crippen LogP contribution < -0.4 is 4.72 Å². The van der Waals surface area contributed by atoms with Gasteiger partial charge in [0.15, 0.2) is 5.03 Å². The summed E-state index contributed by atoms with van der Waals surface area (Å²) >= 11 is 0. The molecule has 4 aromatic rings. The average Bonchev–Trinajstić information content (AvgIpc) is 3.30. The monoisotopic (exact) mass is 395 g/mol. The van der Waals surface area contributed by atoms with Crippen molar-refractivity contribution in [2.45, 2.75) is 31.8 Å². The summed E-state index contributed by atoms with van der Waals surface area (Å²) in [5, 5.41) is -0.00467. The van der Waals surface area contributed by atoms with Gasteiger partial charge >= 0.3 is 0 Å². The minimum Gasteiger partial charge on any atom is -0.334 e. The number of fused-ring (bicyclic) bond motifs is 1. The summed E-state index contributed by atoms with van der Waals surface area (Å²) in [4.78, 5) is 8.69. The van der Waals surface area contributed by atoms with E-state index in [0.29, 0.717) is 5.69 Å². The number of aromatic nitrogens is 4. The smallest absolute Gasteiger partial charge is 0.280 e. The number of pyridine rings is 1. The predicted octanol–water partition coefficient (Wildman–Crippen LogP) is 3.89. The van der Waals surface area contributed by atoms with Gasteiger partial charge in [-0.3, -0.25) is 4.72 Å². The normalized spacial score (nSPS) is 12.0. The zero-order chi connectivity index (χ0) is 19.9. The van der Waals surface area contributed by atoms with E-state index in [1.807, 2.05) is 55.8 Å². The Morgan fingerprint density at radius 3 is 2.64 bits per heavy atom. The van der Waals surface area contributed by atoms with E-state index in [4.69, 9.17) is 0 Å². The van der Waals surface area contributed by atoms with E-state index in [0.717, 1.165) is 22.5 Å². The van der Waals surface area contributed by atoms with Gasteiger partial charge in [0.1, 0.15) is 5.65 Å². The van der Waals surface area contributed by atoms with Crippen LogP contribution in [-0.4, -0.2) is 27.4 Å². The van der Waals surface area contributed by atoms with Crippen LogP contribution in [-0.2, 0) is 10.0 Å². The minimum absolute atomic E-state index is 0.00467. The third-order valence-corrected chi connectivity index (χ3v) is 5.80. The van der Waals surface area contributed by atoms with Crippen LogP contribution >= 0.6 is 0 Å². The molecule has 28 heavy (non-hydrogen) atoms. The molecular weight excluding hydrogens is 374 g/mol. The summed E-state index contributed by atoms with van der Waals surface area (Å²) in [5.41, 5.74) is 4.02. The van der Waals surface area contributed by atoms with Gasteiger partial charge in [0.2, 0.25) is 0 Å². The Hall–Kier alpha value is -3.13.